The highest BCUT2D eigenvalue weighted by Gasteiger charge is 2.30. The zero-order valence-corrected chi connectivity index (χ0v) is 48.7. The van der Waals surface area contributed by atoms with Gasteiger partial charge in [-0.15, -0.1) is 0 Å². The van der Waals surface area contributed by atoms with Crippen molar-refractivity contribution in [3.63, 3.8) is 0 Å². The van der Waals surface area contributed by atoms with Crippen LogP contribution in [0.2, 0.25) is 0 Å². The molecule has 1 aromatic heterocycles. The summed E-state index contributed by atoms with van der Waals surface area (Å²) in [4.78, 5) is 88.4. The second-order valence-electron chi connectivity index (χ2n) is 21.0. The SMILES string of the molecule is CC(C)(C)OC(=O)N[C@H](Cc1ccccc1)C(=O)O.N#CCCC(=O)[C@H](N)Cc1ccccc1.N#CCCC(=O)[C@H](N)Cc1ccccc1.N#CCNC(=O)[C@H](CC(=O)[C@H](Cc1c[nH]c2ccccc12)NC(=O)c1ccccc1)Cc1ccccc1. The number of hydrogen-bond acceptors (Lipinski definition) is 13. The number of fused-ring (bicyclic) bond motifs is 1. The number of ether oxygens (including phenoxy) is 1. The maximum atomic E-state index is 13.7. The van der Waals surface area contributed by atoms with Crippen molar-refractivity contribution in [1.82, 2.24) is 20.9 Å². The lowest BCUT2D eigenvalue weighted by molar-refractivity contribution is -0.139. The van der Waals surface area contributed by atoms with Gasteiger partial charge in [0.1, 0.15) is 18.2 Å². The summed E-state index contributed by atoms with van der Waals surface area (Å²) < 4.78 is 5.04. The maximum Gasteiger partial charge on any atom is 0.408 e. The lowest BCUT2D eigenvalue weighted by Crippen LogP contribution is -2.44. The van der Waals surface area contributed by atoms with Gasteiger partial charge in [0.25, 0.3) is 5.91 Å². The molecule has 86 heavy (non-hydrogen) atoms. The summed E-state index contributed by atoms with van der Waals surface area (Å²) >= 11 is 0. The number of nitriles is 3. The van der Waals surface area contributed by atoms with Gasteiger partial charge in [0.2, 0.25) is 5.91 Å². The third-order valence-electron chi connectivity index (χ3n) is 13.0. The van der Waals surface area contributed by atoms with Crippen molar-refractivity contribution in [2.75, 3.05) is 6.54 Å². The van der Waals surface area contributed by atoms with E-state index in [2.05, 4.69) is 20.9 Å². The lowest BCUT2D eigenvalue weighted by Gasteiger charge is -2.22. The Bertz CT molecular complexity index is 3300. The quantitative estimate of drug-likeness (QED) is 0.0263. The number of nitrogens with zero attached hydrogens (tertiary/aromatic N) is 3. The highest BCUT2D eigenvalue weighted by molar-refractivity contribution is 5.99. The van der Waals surface area contributed by atoms with Crippen molar-refractivity contribution in [1.29, 1.82) is 15.8 Å². The van der Waals surface area contributed by atoms with E-state index in [1.165, 1.54) is 0 Å². The second kappa shape index (κ2) is 37.2. The Morgan fingerprint density at radius 1 is 0.547 bits per heavy atom. The Morgan fingerprint density at radius 2 is 0.988 bits per heavy atom. The zero-order chi connectivity index (χ0) is 62.7. The topological polar surface area (TPSA) is 324 Å². The molecule has 18 heteroatoms. The number of rotatable bonds is 25. The number of ketones is 3. The fourth-order valence-corrected chi connectivity index (χ4v) is 8.60. The second-order valence-corrected chi connectivity index (χ2v) is 21.0. The van der Waals surface area contributed by atoms with Crippen LogP contribution in [0, 0.1) is 39.9 Å². The number of alkyl carbamates (subject to hydrolysis) is 1. The van der Waals surface area contributed by atoms with Crippen molar-refractivity contribution in [2.45, 2.75) is 115 Å². The summed E-state index contributed by atoms with van der Waals surface area (Å²) in [6.45, 7) is 5.03. The molecule has 0 spiro atoms. The van der Waals surface area contributed by atoms with Gasteiger partial charge in [-0.1, -0.05) is 158 Å². The molecule has 6 aromatic carbocycles. The van der Waals surface area contributed by atoms with E-state index in [4.69, 9.17) is 37.1 Å². The van der Waals surface area contributed by atoms with Crippen LogP contribution in [0.25, 0.3) is 10.9 Å². The van der Waals surface area contributed by atoms with Crippen LogP contribution >= 0.6 is 0 Å². The third kappa shape index (κ3) is 26.0. The van der Waals surface area contributed by atoms with E-state index in [0.717, 1.165) is 38.7 Å². The van der Waals surface area contributed by atoms with Gasteiger partial charge in [0.05, 0.1) is 36.3 Å². The minimum Gasteiger partial charge on any atom is -0.480 e. The molecule has 0 unspecified atom stereocenters. The number of aromatic nitrogens is 1. The predicted octanol–water partition coefficient (Wildman–Crippen LogP) is 9.03. The Kier molecular flexibility index (Phi) is 29.6. The molecule has 0 aliphatic rings. The number of carbonyl (C=O) groups is 7. The fraction of sp³-hybridized carbons (Fsp3) is 0.294. The molecule has 0 bridgehead atoms. The van der Waals surface area contributed by atoms with E-state index in [9.17, 15) is 33.6 Å². The van der Waals surface area contributed by atoms with Crippen molar-refractivity contribution in [2.24, 2.45) is 17.4 Å². The number of para-hydroxylation sites is 1. The van der Waals surface area contributed by atoms with Gasteiger partial charge in [0.15, 0.2) is 17.3 Å². The molecule has 0 fully saturated rings. The summed E-state index contributed by atoms with van der Waals surface area (Å²) in [5.41, 5.74) is 17.0. The highest BCUT2D eigenvalue weighted by atomic mass is 16.6. The number of H-pyrrole nitrogens is 1. The monoisotopic (exact) mass is 1160 g/mol. The number of benzene rings is 6. The molecule has 3 amide bonds. The first-order valence-electron chi connectivity index (χ1n) is 28.1. The van der Waals surface area contributed by atoms with E-state index in [0.29, 0.717) is 24.8 Å². The fourth-order valence-electron chi connectivity index (χ4n) is 8.60. The zero-order valence-electron chi connectivity index (χ0n) is 48.7. The normalized spacial score (nSPS) is 12.2. The number of amides is 3. The summed E-state index contributed by atoms with van der Waals surface area (Å²) in [6, 6.07) is 57.3. The molecule has 9 N–H and O–H groups in total. The van der Waals surface area contributed by atoms with Crippen LogP contribution in [0.3, 0.4) is 0 Å². The van der Waals surface area contributed by atoms with Crippen molar-refractivity contribution >= 4 is 52.1 Å². The largest absolute Gasteiger partial charge is 0.480 e. The Hall–Kier alpha value is -10.1. The molecular formula is C68H75N9O9. The first-order valence-corrected chi connectivity index (χ1v) is 28.1. The van der Waals surface area contributed by atoms with Gasteiger partial charge in [-0.25, -0.2) is 9.59 Å². The highest BCUT2D eigenvalue weighted by Crippen LogP contribution is 2.22. The molecule has 0 aliphatic heterocycles. The van der Waals surface area contributed by atoms with Gasteiger partial charge in [-0.2, -0.15) is 15.8 Å². The molecule has 0 saturated carbocycles. The number of carboxylic acids is 1. The Balaban J connectivity index is 0.000000271. The average Bonchev–Trinajstić information content (AvgIpc) is 3.20. The van der Waals surface area contributed by atoms with E-state index >= 15 is 0 Å². The molecule has 5 atom stereocenters. The van der Waals surface area contributed by atoms with Crippen LogP contribution in [-0.2, 0) is 60.8 Å². The summed E-state index contributed by atoms with van der Waals surface area (Å²) in [5.74, 6) is -2.81. The molecule has 0 aliphatic carbocycles. The molecule has 1 heterocycles. The smallest absolute Gasteiger partial charge is 0.408 e. The first-order chi connectivity index (χ1) is 41.3. The van der Waals surface area contributed by atoms with Gasteiger partial charge >= 0.3 is 12.1 Å². The summed E-state index contributed by atoms with van der Waals surface area (Å²) in [7, 11) is 0. The summed E-state index contributed by atoms with van der Waals surface area (Å²) in [6.07, 6.45) is 3.99. The van der Waals surface area contributed by atoms with Gasteiger partial charge in [0, 0.05) is 73.5 Å². The number of carbonyl (C=O) groups excluding carboxylic acids is 6. The van der Waals surface area contributed by atoms with Crippen molar-refractivity contribution in [3.05, 3.63) is 216 Å². The minimum atomic E-state index is -1.09. The van der Waals surface area contributed by atoms with Crippen LogP contribution in [-0.4, -0.2) is 87.6 Å². The summed E-state index contributed by atoms with van der Waals surface area (Å²) in [5, 5.41) is 43.5. The Morgan fingerprint density at radius 3 is 1.44 bits per heavy atom. The van der Waals surface area contributed by atoms with Crippen molar-refractivity contribution in [3.8, 4) is 18.2 Å². The number of nitrogens with two attached hydrogens (primary N) is 2. The standard InChI is InChI=1S/C30H28N4O3.C14H19NO4.2C12H14N2O/c31-15-16-32-29(36)23(17-21-9-3-1-4-10-21)19-28(35)27(34-30(37)22-11-5-2-6-12-22)18-24-20-33-26-14-8-7-13-25(24)26;1-14(2,3)19-13(18)15-11(12(16)17)9-10-7-5-4-6-8-10;2*13-8-4-7-12(15)11(14)9-10-5-2-1-3-6-10/h1-14,20,23,27,33H,16-19H2,(H,32,36)(H,34,37);4-8,11H,9H2,1-3H3,(H,15,18)(H,16,17);2*1-3,5-6,11H,4,7,9,14H2/t23-,27-;3*11-/m0111/s1. The molecule has 7 aromatic rings. The van der Waals surface area contributed by atoms with Gasteiger partial charge in [-0.05, 0) is 86.1 Å². The van der Waals surface area contributed by atoms with Gasteiger partial charge in [-0.3, -0.25) is 24.0 Å². The third-order valence-corrected chi connectivity index (χ3v) is 13.0. The van der Waals surface area contributed by atoms with Crippen LogP contribution < -0.4 is 27.4 Å². The molecular weight excluding hydrogens is 1090 g/mol. The molecule has 0 saturated heterocycles. The number of hydrogen-bond donors (Lipinski definition) is 7. The number of aromatic amines is 1. The van der Waals surface area contributed by atoms with Crippen LogP contribution in [0.15, 0.2) is 182 Å². The first kappa shape index (κ1) is 68.4. The van der Waals surface area contributed by atoms with Gasteiger partial charge < -0.3 is 42.2 Å². The van der Waals surface area contributed by atoms with E-state index in [1.807, 2.05) is 176 Å². The van der Waals surface area contributed by atoms with Crippen LogP contribution in [0.1, 0.15) is 91.1 Å². The number of carboxylic acid groups (broad SMARTS) is 1. The van der Waals surface area contributed by atoms with E-state index in [1.54, 1.807) is 45.0 Å². The van der Waals surface area contributed by atoms with E-state index in [-0.39, 0.29) is 80.7 Å². The van der Waals surface area contributed by atoms with Crippen LogP contribution in [0.4, 0.5) is 4.79 Å². The molecule has 7 rings (SSSR count). The average molecular weight is 1160 g/mol. The Labute approximate surface area is 502 Å². The minimum absolute atomic E-state index is 0.0413. The number of Topliss-reactive ketones (excluding diaryl/α,β-unsaturated/α-hetero) is 3. The maximum absolute atomic E-state index is 13.7. The molecule has 0 radical (unpaired) electrons. The molecule has 18 nitrogen and oxygen atoms in total. The predicted molar refractivity (Wildman–Crippen MR) is 328 cm³/mol. The number of aliphatic carboxylic acids is 1. The lowest BCUT2D eigenvalue weighted by atomic mass is 9.89. The van der Waals surface area contributed by atoms with Crippen LogP contribution in [0.5, 0.6) is 0 Å². The van der Waals surface area contributed by atoms with Crippen molar-refractivity contribution < 1.29 is 43.4 Å². The molecule has 446 valence electrons. The van der Waals surface area contributed by atoms with E-state index < -0.39 is 47.7 Å². The number of nitrogens with one attached hydrogen (secondary N) is 4.